The van der Waals surface area contributed by atoms with Gasteiger partial charge in [0.1, 0.15) is 31.4 Å². The van der Waals surface area contributed by atoms with E-state index in [4.69, 9.17) is 38.9 Å². The summed E-state index contributed by atoms with van der Waals surface area (Å²) in [5, 5.41) is 18.2. The van der Waals surface area contributed by atoms with Crippen LogP contribution in [0.2, 0.25) is 0 Å². The number of rotatable bonds is 49. The van der Waals surface area contributed by atoms with E-state index in [1.54, 1.807) is 114 Å². The minimum absolute atomic E-state index is 0.0760. The number of nitrogens with two attached hydrogens (primary N) is 1. The molecule has 0 radical (unpaired) electrons. The summed E-state index contributed by atoms with van der Waals surface area (Å²) in [6, 6.07) is 18.4. The van der Waals surface area contributed by atoms with Crippen molar-refractivity contribution in [2.75, 3.05) is 97.9 Å². The van der Waals surface area contributed by atoms with E-state index < -0.39 is 102 Å². The lowest BCUT2D eigenvalue weighted by molar-refractivity contribution is -0.149. The van der Waals surface area contributed by atoms with Gasteiger partial charge in [0.15, 0.2) is 11.6 Å². The summed E-state index contributed by atoms with van der Waals surface area (Å²) in [6.45, 7) is 21.0. The molecular formula is C81H118N8O20. The molecule has 28 heteroatoms. The third-order valence-corrected chi connectivity index (χ3v) is 20.6. The number of anilines is 2. The number of hydrogen-bond acceptors (Lipinski definition) is 19. The van der Waals surface area contributed by atoms with Crippen LogP contribution < -0.4 is 31.3 Å². The van der Waals surface area contributed by atoms with Gasteiger partial charge in [0.2, 0.25) is 23.6 Å². The largest absolute Gasteiger partial charge is 0.491 e. The van der Waals surface area contributed by atoms with Crippen LogP contribution in [0.1, 0.15) is 145 Å². The SMILES string of the molecule is CCC(C)[C@@H]([C@@H](CC(=O)N1CCC[C@H]1[C@H](OC)[C@@H](C)C(=O)C[C@@H](Cc1ccccc1)C(=O)O)OC)N(C)C(=O)[C@@H](CC(=O)[C@H](C(C)C)N(C)C(=O)OCc1ccc(NC(=O)[C@H](CCCNC(N)=O)CC(=O)[C@@H](NC(=O)COCCOCCOCCOc2ccc(N3C(=O)C(C)=C(C)C3=O)cc2)C(C)C)cc1)C(C)C. The molecule has 1 saturated heterocycles. The summed E-state index contributed by atoms with van der Waals surface area (Å²) in [5.74, 6) is -8.54. The van der Waals surface area contributed by atoms with Crippen molar-refractivity contribution >= 4 is 82.3 Å². The standard InChI is InChI=1S/C81H118N8O20/c1-16-52(8)73(68(103-14)46-70(94)88-35-21-25-64(88)74(104-15)55(11)65(90)44-59(79(99)100)42-56-22-18-17-19-23-56)86(12)78(98)63(49(2)3)45-67(92)72(51(6)7)87(13)81(102)109-47-57-26-28-60(29-27-57)84-75(95)58(24-20-34-83-80(82)101)43-66(91)71(50(4)5)85-69(93)48-107-39-38-105-36-37-106-40-41-108-62-32-30-61(31-33-62)89-76(96)53(9)54(10)77(89)97/h17-19,22-23,26-33,49-52,55,58-59,63-64,68,71-74H,16,20-21,24-25,34-48H2,1-15H3,(H,84,95)(H,85,93)(H,99,100)(H3,82,83,101)/t52?,55-,58+,59+,63-,64-,68+,71-,72-,73-,74+/m0/s1. The molecular weight excluding hydrogens is 1400 g/mol. The Balaban J connectivity index is 1.10. The maximum Gasteiger partial charge on any atom is 0.410 e. The van der Waals surface area contributed by atoms with Crippen molar-refractivity contribution in [3.05, 3.63) is 101 Å². The first-order valence-corrected chi connectivity index (χ1v) is 37.9. The number of ether oxygens (including phenoxy) is 7. The Bertz CT molecular complexity index is 3530. The lowest BCUT2D eigenvalue weighted by Gasteiger charge is -2.41. The van der Waals surface area contributed by atoms with Crippen LogP contribution in [0.4, 0.5) is 21.0 Å². The minimum atomic E-state index is -1.07. The lowest BCUT2D eigenvalue weighted by atomic mass is 9.83. The van der Waals surface area contributed by atoms with Crippen LogP contribution in [-0.2, 0) is 89.4 Å². The molecule has 3 aromatic carbocycles. The number of aliphatic carboxylic acids is 1. The van der Waals surface area contributed by atoms with E-state index in [0.29, 0.717) is 66.1 Å². The van der Waals surface area contributed by atoms with Gasteiger partial charge in [0.25, 0.3) is 11.8 Å². The van der Waals surface area contributed by atoms with E-state index in [1.165, 1.54) is 26.2 Å². The summed E-state index contributed by atoms with van der Waals surface area (Å²) in [6.07, 6.45) is -0.564. The van der Waals surface area contributed by atoms with Gasteiger partial charge < -0.3 is 74.6 Å². The summed E-state index contributed by atoms with van der Waals surface area (Å²) < 4.78 is 40.2. The normalized spacial score (nSPS) is 16.6. The Morgan fingerprint density at radius 3 is 1.83 bits per heavy atom. The fraction of sp³-hybridized carbons (Fsp3) is 0.605. The Morgan fingerprint density at radius 1 is 0.670 bits per heavy atom. The molecule has 109 heavy (non-hydrogen) atoms. The molecule has 0 aromatic heterocycles. The number of nitrogens with zero attached hydrogens (tertiary/aromatic N) is 4. The quantitative estimate of drug-likeness (QED) is 0.0260. The Morgan fingerprint density at radius 2 is 1.28 bits per heavy atom. The van der Waals surface area contributed by atoms with Crippen LogP contribution in [0.15, 0.2) is 90.0 Å². The van der Waals surface area contributed by atoms with E-state index in [0.717, 1.165) is 10.5 Å². The molecule has 3 aromatic rings. The van der Waals surface area contributed by atoms with Gasteiger partial charge in [-0.15, -0.1) is 0 Å². The number of Topliss-reactive ketones (excluding diaryl/α,β-unsaturated/α-hetero) is 3. The molecule has 0 aliphatic carbocycles. The molecule has 28 nitrogen and oxygen atoms in total. The van der Waals surface area contributed by atoms with Crippen molar-refractivity contribution in [1.82, 2.24) is 25.3 Å². The predicted molar refractivity (Wildman–Crippen MR) is 409 cm³/mol. The zero-order chi connectivity index (χ0) is 80.8. The number of nitrogens with one attached hydrogen (secondary N) is 3. The fourth-order valence-corrected chi connectivity index (χ4v) is 14.0. The minimum Gasteiger partial charge on any atom is -0.491 e. The number of hydrogen-bond donors (Lipinski definition) is 5. The average molecular weight is 1520 g/mol. The number of carboxylic acids is 1. The monoisotopic (exact) mass is 1520 g/mol. The van der Waals surface area contributed by atoms with Crippen molar-refractivity contribution < 1.29 is 95.8 Å². The van der Waals surface area contributed by atoms with Crippen LogP contribution in [0.25, 0.3) is 0 Å². The molecule has 0 spiro atoms. The maximum atomic E-state index is 14.9. The number of carboxylic acid groups (broad SMARTS) is 1. The number of likely N-dealkylation sites (N-methyl/N-ethyl adjacent to an activating group) is 2. The van der Waals surface area contributed by atoms with Gasteiger partial charge in [0, 0.05) is 95.3 Å². The average Bonchev–Trinajstić information content (AvgIpc) is 1.70. The number of benzene rings is 3. The van der Waals surface area contributed by atoms with Crippen molar-refractivity contribution in [3.8, 4) is 5.75 Å². The van der Waals surface area contributed by atoms with Crippen LogP contribution in [-0.4, -0.2) is 215 Å². The highest BCUT2D eigenvalue weighted by Crippen LogP contribution is 2.34. The molecule has 2 heterocycles. The van der Waals surface area contributed by atoms with E-state index in [1.807, 2.05) is 58.0 Å². The molecule has 6 N–H and O–H groups in total. The first-order valence-electron chi connectivity index (χ1n) is 37.9. The molecule has 0 saturated carbocycles. The van der Waals surface area contributed by atoms with Crippen LogP contribution in [0.3, 0.4) is 0 Å². The highest BCUT2D eigenvalue weighted by atomic mass is 16.6. The number of likely N-dealkylation sites (tertiary alicyclic amines) is 1. The van der Waals surface area contributed by atoms with Gasteiger partial charge in [-0.3, -0.25) is 47.9 Å². The van der Waals surface area contributed by atoms with Gasteiger partial charge in [0.05, 0.1) is 87.4 Å². The van der Waals surface area contributed by atoms with Crippen molar-refractivity contribution in [1.29, 1.82) is 0 Å². The zero-order valence-electron chi connectivity index (χ0n) is 66.3. The third kappa shape index (κ3) is 27.2. The number of ketones is 3. The summed E-state index contributed by atoms with van der Waals surface area (Å²) in [4.78, 5) is 167. The number of amides is 9. The molecule has 9 amide bonds. The van der Waals surface area contributed by atoms with Crippen molar-refractivity contribution in [3.63, 3.8) is 0 Å². The van der Waals surface area contributed by atoms with Crippen LogP contribution >= 0.6 is 0 Å². The number of carbonyl (C=O) groups excluding carboxylic acids is 11. The van der Waals surface area contributed by atoms with Gasteiger partial charge >= 0.3 is 18.1 Å². The topological polar surface area (TPSA) is 365 Å². The Labute approximate surface area is 641 Å². The highest BCUT2D eigenvalue weighted by molar-refractivity contribution is 6.32. The number of imide groups is 1. The van der Waals surface area contributed by atoms with Crippen LogP contribution in [0, 0.1) is 47.3 Å². The third-order valence-electron chi connectivity index (χ3n) is 20.6. The Hall–Kier alpha value is -8.96. The number of carbonyl (C=O) groups is 12. The van der Waals surface area contributed by atoms with Crippen LogP contribution in [0.5, 0.6) is 5.75 Å². The zero-order valence-corrected chi connectivity index (χ0v) is 66.3. The number of primary amides is 1. The van der Waals surface area contributed by atoms with Gasteiger partial charge in [-0.1, -0.05) is 111 Å². The second-order valence-electron chi connectivity index (χ2n) is 29.5. The summed E-state index contributed by atoms with van der Waals surface area (Å²) >= 11 is 0. The van der Waals surface area contributed by atoms with E-state index in [2.05, 4.69) is 16.0 Å². The molecule has 5 rings (SSSR count). The molecule has 1 fully saturated rings. The van der Waals surface area contributed by atoms with E-state index >= 15 is 0 Å². The van der Waals surface area contributed by atoms with E-state index in [-0.39, 0.29) is 151 Å². The molecule has 0 bridgehead atoms. The highest BCUT2D eigenvalue weighted by Gasteiger charge is 2.45. The first kappa shape index (κ1) is 90.7. The molecule has 2 aliphatic heterocycles. The Kier molecular flexibility index (Phi) is 37.6. The lowest BCUT2D eigenvalue weighted by Crippen LogP contribution is -2.54. The van der Waals surface area contributed by atoms with Crippen molar-refractivity contribution in [2.45, 2.75) is 183 Å². The molecule has 2 aliphatic rings. The van der Waals surface area contributed by atoms with Gasteiger partial charge in [-0.05, 0) is 117 Å². The molecule has 602 valence electrons. The summed E-state index contributed by atoms with van der Waals surface area (Å²) in [7, 11) is 6.12. The number of methoxy groups -OCH3 is 2. The summed E-state index contributed by atoms with van der Waals surface area (Å²) in [5.41, 5.74) is 8.29. The molecule has 11 atom stereocenters. The number of urea groups is 1. The fourth-order valence-electron chi connectivity index (χ4n) is 14.0. The van der Waals surface area contributed by atoms with Crippen molar-refractivity contribution in [2.24, 2.45) is 53.1 Å². The second kappa shape index (κ2) is 45.3. The first-order chi connectivity index (χ1) is 51.8. The predicted octanol–water partition coefficient (Wildman–Crippen LogP) is 8.78. The smallest absolute Gasteiger partial charge is 0.410 e. The van der Waals surface area contributed by atoms with Gasteiger partial charge in [-0.25, -0.2) is 14.5 Å². The maximum absolute atomic E-state index is 14.9. The van der Waals surface area contributed by atoms with E-state index in [9.17, 15) is 62.6 Å². The van der Waals surface area contributed by atoms with Gasteiger partial charge in [-0.2, -0.15) is 0 Å². The molecule has 1 unspecified atom stereocenters. The second-order valence-corrected chi connectivity index (χ2v) is 29.5.